The number of benzene rings is 1. The van der Waals surface area contributed by atoms with Gasteiger partial charge in [0.25, 0.3) is 0 Å². The smallest absolute Gasteiger partial charge is 0.224 e. The summed E-state index contributed by atoms with van der Waals surface area (Å²) in [5.74, 6) is 1.77. The Balaban J connectivity index is 1.28. The highest BCUT2D eigenvalue weighted by Crippen LogP contribution is 2.47. The lowest BCUT2D eigenvalue weighted by Crippen LogP contribution is -2.28. The first-order valence-electron chi connectivity index (χ1n) is 8.78. The highest BCUT2D eigenvalue weighted by molar-refractivity contribution is 5.84. The van der Waals surface area contributed by atoms with Gasteiger partial charge >= 0.3 is 0 Å². The lowest BCUT2D eigenvalue weighted by Gasteiger charge is -2.10. The third kappa shape index (κ3) is 2.54. The maximum absolute atomic E-state index is 12.6. The summed E-state index contributed by atoms with van der Waals surface area (Å²) in [6.45, 7) is 1.92. The second-order valence-electron chi connectivity index (χ2n) is 6.85. The van der Waals surface area contributed by atoms with Gasteiger partial charge in [0, 0.05) is 24.1 Å². The van der Waals surface area contributed by atoms with Crippen molar-refractivity contribution in [3.63, 3.8) is 0 Å². The lowest BCUT2D eigenvalue weighted by atomic mass is 10.2. The molecule has 0 saturated heterocycles. The first-order chi connectivity index (χ1) is 12.7. The summed E-state index contributed by atoms with van der Waals surface area (Å²) in [4.78, 5) is 24.8. The number of carbonyl (C=O) groups is 1. The Morgan fingerprint density at radius 2 is 2.15 bits per heavy atom. The normalized spacial score (nSPS) is 20.3. The molecule has 1 aromatic carbocycles. The number of amides is 1. The summed E-state index contributed by atoms with van der Waals surface area (Å²) in [6.07, 6.45) is 2.55. The number of nitrogens with one attached hydrogen (secondary N) is 2. The van der Waals surface area contributed by atoms with E-state index in [9.17, 15) is 4.79 Å². The summed E-state index contributed by atoms with van der Waals surface area (Å²) in [5, 5.41) is 3.05. The third-order valence-corrected chi connectivity index (χ3v) is 4.98. The number of hydrogen-bond acceptors (Lipinski definition) is 4. The molecule has 130 valence electrons. The summed E-state index contributed by atoms with van der Waals surface area (Å²) in [5.41, 5.74) is 3.48. The number of furan rings is 1. The highest BCUT2D eigenvalue weighted by atomic mass is 16.3. The fourth-order valence-electron chi connectivity index (χ4n) is 3.43. The molecule has 6 heteroatoms. The Hall–Kier alpha value is -3.15. The zero-order valence-electron chi connectivity index (χ0n) is 14.3. The number of hydrogen-bond donors (Lipinski definition) is 2. The van der Waals surface area contributed by atoms with Crippen LogP contribution in [0.4, 0.5) is 0 Å². The average molecular weight is 346 g/mol. The SMILES string of the molecule is C[C@@H](NC(=O)[C@H]1C[C@@H]1c1nc2ccccc2[nH]1)c1cc2ncccc2o1. The molecule has 2 N–H and O–H groups in total. The van der Waals surface area contributed by atoms with Gasteiger partial charge in [-0.3, -0.25) is 9.78 Å². The van der Waals surface area contributed by atoms with Crippen molar-refractivity contribution in [2.45, 2.75) is 25.3 Å². The van der Waals surface area contributed by atoms with Crippen LogP contribution in [0, 0.1) is 5.92 Å². The van der Waals surface area contributed by atoms with E-state index in [0.29, 0.717) is 5.76 Å². The van der Waals surface area contributed by atoms with Gasteiger partial charge in [0.1, 0.15) is 17.1 Å². The number of H-pyrrole nitrogens is 1. The Bertz CT molecular complexity index is 1050. The van der Waals surface area contributed by atoms with E-state index in [2.05, 4.69) is 20.3 Å². The maximum atomic E-state index is 12.6. The van der Waals surface area contributed by atoms with Crippen molar-refractivity contribution < 1.29 is 9.21 Å². The Morgan fingerprint density at radius 1 is 1.27 bits per heavy atom. The number of aromatic nitrogens is 3. The first-order valence-corrected chi connectivity index (χ1v) is 8.78. The van der Waals surface area contributed by atoms with Crippen LogP contribution in [0.1, 0.15) is 36.9 Å². The molecular weight excluding hydrogens is 328 g/mol. The van der Waals surface area contributed by atoms with Crippen LogP contribution in [-0.2, 0) is 4.79 Å². The number of carbonyl (C=O) groups excluding carboxylic acids is 1. The number of pyridine rings is 1. The molecule has 5 rings (SSSR count). The third-order valence-electron chi connectivity index (χ3n) is 4.98. The number of imidazole rings is 1. The Morgan fingerprint density at radius 3 is 3.00 bits per heavy atom. The van der Waals surface area contributed by atoms with Crippen molar-refractivity contribution in [3.8, 4) is 0 Å². The van der Waals surface area contributed by atoms with Crippen molar-refractivity contribution >= 4 is 28.0 Å². The van der Waals surface area contributed by atoms with Crippen LogP contribution in [0.15, 0.2) is 53.1 Å². The molecule has 3 heterocycles. The van der Waals surface area contributed by atoms with Gasteiger partial charge < -0.3 is 14.7 Å². The van der Waals surface area contributed by atoms with Crippen LogP contribution in [0.3, 0.4) is 0 Å². The molecule has 1 amide bonds. The van der Waals surface area contributed by atoms with Gasteiger partial charge in [-0.15, -0.1) is 0 Å². The number of rotatable bonds is 4. The molecular formula is C20H18N4O2. The molecule has 0 aliphatic heterocycles. The average Bonchev–Trinajstić information content (AvgIpc) is 3.14. The van der Waals surface area contributed by atoms with Gasteiger partial charge in [0.05, 0.1) is 17.1 Å². The Kier molecular flexibility index (Phi) is 3.31. The van der Waals surface area contributed by atoms with Crippen molar-refractivity contribution in [1.82, 2.24) is 20.3 Å². The van der Waals surface area contributed by atoms with Gasteiger partial charge in [-0.1, -0.05) is 12.1 Å². The van der Waals surface area contributed by atoms with Gasteiger partial charge in [-0.25, -0.2) is 4.98 Å². The molecule has 3 aromatic heterocycles. The van der Waals surface area contributed by atoms with E-state index < -0.39 is 0 Å². The first kappa shape index (κ1) is 15.1. The van der Waals surface area contributed by atoms with Gasteiger partial charge in [0.15, 0.2) is 5.58 Å². The molecule has 1 fully saturated rings. The quantitative estimate of drug-likeness (QED) is 0.590. The second-order valence-corrected chi connectivity index (χ2v) is 6.85. The summed E-state index contributed by atoms with van der Waals surface area (Å²) >= 11 is 0. The summed E-state index contributed by atoms with van der Waals surface area (Å²) < 4.78 is 5.79. The predicted molar refractivity (Wildman–Crippen MR) is 97.5 cm³/mol. The van der Waals surface area contributed by atoms with E-state index in [0.717, 1.165) is 34.4 Å². The number of para-hydroxylation sites is 2. The minimum absolute atomic E-state index is 0.0383. The largest absolute Gasteiger partial charge is 0.457 e. The molecule has 4 aromatic rings. The molecule has 0 spiro atoms. The fourth-order valence-corrected chi connectivity index (χ4v) is 3.43. The topological polar surface area (TPSA) is 83.8 Å². The van der Waals surface area contributed by atoms with E-state index in [4.69, 9.17) is 4.42 Å². The summed E-state index contributed by atoms with van der Waals surface area (Å²) in [6, 6.07) is 13.3. The molecule has 1 aliphatic rings. The van der Waals surface area contributed by atoms with Crippen molar-refractivity contribution in [2.75, 3.05) is 0 Å². The van der Waals surface area contributed by atoms with Gasteiger partial charge in [-0.2, -0.15) is 0 Å². The van der Waals surface area contributed by atoms with Crippen LogP contribution < -0.4 is 5.32 Å². The maximum Gasteiger partial charge on any atom is 0.224 e. The molecule has 3 atom stereocenters. The van der Waals surface area contributed by atoms with Crippen molar-refractivity contribution in [3.05, 3.63) is 60.2 Å². The fraction of sp³-hybridized carbons (Fsp3) is 0.250. The molecule has 1 saturated carbocycles. The van der Waals surface area contributed by atoms with Crippen LogP contribution in [0.5, 0.6) is 0 Å². The van der Waals surface area contributed by atoms with Crippen LogP contribution in [0.25, 0.3) is 22.1 Å². The zero-order valence-corrected chi connectivity index (χ0v) is 14.3. The molecule has 6 nitrogen and oxygen atoms in total. The van der Waals surface area contributed by atoms with E-state index in [1.54, 1.807) is 6.20 Å². The lowest BCUT2D eigenvalue weighted by molar-refractivity contribution is -0.123. The van der Waals surface area contributed by atoms with Crippen LogP contribution >= 0.6 is 0 Å². The number of aromatic amines is 1. The molecule has 0 unspecified atom stereocenters. The highest BCUT2D eigenvalue weighted by Gasteiger charge is 2.46. The minimum Gasteiger partial charge on any atom is -0.457 e. The monoisotopic (exact) mass is 346 g/mol. The molecule has 0 radical (unpaired) electrons. The number of fused-ring (bicyclic) bond motifs is 2. The summed E-state index contributed by atoms with van der Waals surface area (Å²) in [7, 11) is 0. The van der Waals surface area contributed by atoms with E-state index in [1.165, 1.54) is 0 Å². The molecule has 0 bridgehead atoms. The van der Waals surface area contributed by atoms with Crippen molar-refractivity contribution in [1.29, 1.82) is 0 Å². The van der Waals surface area contributed by atoms with E-state index in [-0.39, 0.29) is 23.8 Å². The van der Waals surface area contributed by atoms with Crippen LogP contribution in [-0.4, -0.2) is 20.9 Å². The van der Waals surface area contributed by atoms with Gasteiger partial charge in [0.2, 0.25) is 5.91 Å². The minimum atomic E-state index is -0.200. The second kappa shape index (κ2) is 5.69. The van der Waals surface area contributed by atoms with Crippen LogP contribution in [0.2, 0.25) is 0 Å². The van der Waals surface area contributed by atoms with E-state index in [1.807, 2.05) is 49.4 Å². The predicted octanol–water partition coefficient (Wildman–Crippen LogP) is 3.69. The zero-order chi connectivity index (χ0) is 17.7. The Labute approximate surface area is 149 Å². The van der Waals surface area contributed by atoms with Gasteiger partial charge in [-0.05, 0) is 37.6 Å². The molecule has 26 heavy (non-hydrogen) atoms. The van der Waals surface area contributed by atoms with E-state index >= 15 is 0 Å². The van der Waals surface area contributed by atoms with Crippen molar-refractivity contribution in [2.24, 2.45) is 5.92 Å². The number of nitrogens with zero attached hydrogens (tertiary/aromatic N) is 2. The molecule has 1 aliphatic carbocycles. The standard InChI is InChI=1S/C20H18N4O2/c1-11(18-10-16-17(26-18)7-4-8-21-16)22-20(25)13-9-12(13)19-23-14-5-2-3-6-15(14)24-19/h2-8,10-13H,9H2,1H3,(H,22,25)(H,23,24)/t11-,12+,13+/m1/s1.